The summed E-state index contributed by atoms with van der Waals surface area (Å²) in [5.74, 6) is -3.23. The third kappa shape index (κ3) is 2.40. The number of hydrogen-bond donors (Lipinski definition) is 2. The van der Waals surface area contributed by atoms with E-state index in [9.17, 15) is 40.0 Å². The van der Waals surface area contributed by atoms with Crippen LogP contribution in [0.1, 0.15) is 11.1 Å². The van der Waals surface area contributed by atoms with Crippen LogP contribution in [0, 0.1) is 20.2 Å². The van der Waals surface area contributed by atoms with Crippen LogP contribution >= 0.6 is 0 Å². The van der Waals surface area contributed by atoms with Gasteiger partial charge in [0.15, 0.2) is 0 Å². The maximum atomic E-state index is 11.9. The van der Waals surface area contributed by atoms with E-state index in [1.807, 2.05) is 0 Å². The van der Waals surface area contributed by atoms with Crippen LogP contribution < -0.4 is 0 Å². The lowest BCUT2D eigenvalue weighted by Gasteiger charge is -2.14. The summed E-state index contributed by atoms with van der Waals surface area (Å²) in [7, 11) is 0. The van der Waals surface area contributed by atoms with E-state index in [4.69, 9.17) is 4.74 Å². The Labute approximate surface area is 149 Å². The fourth-order valence-corrected chi connectivity index (χ4v) is 3.00. The van der Waals surface area contributed by atoms with Crippen molar-refractivity contribution in [1.29, 1.82) is 0 Å². The van der Waals surface area contributed by atoms with Crippen LogP contribution in [0.15, 0.2) is 48.5 Å². The minimum absolute atomic E-state index is 0.110. The second-order valence-corrected chi connectivity index (χ2v) is 5.68. The molecule has 11 heteroatoms. The van der Waals surface area contributed by atoms with Crippen LogP contribution in [0.5, 0.6) is 0 Å². The molecule has 2 atom stereocenters. The molecule has 27 heavy (non-hydrogen) atoms. The molecule has 0 amide bonds. The maximum absolute atomic E-state index is 11.9. The molecule has 2 aromatic rings. The zero-order valence-electron chi connectivity index (χ0n) is 13.3. The first-order chi connectivity index (χ1) is 12.7. The monoisotopic (exact) mass is 374 g/mol. The third-order valence-corrected chi connectivity index (χ3v) is 4.33. The second kappa shape index (κ2) is 5.85. The standard InChI is InChI=1S/C16H10N2O9/c19-13(20)15(9-1-5-11(6-2-9)17(23)24)16(27-15,14(21)22)10-3-7-12(8-4-10)18(25)26/h1-8H,(H,19,20)(H,21,22)/t15-,16-/m1/s1. The van der Waals surface area contributed by atoms with Gasteiger partial charge in [0.25, 0.3) is 11.4 Å². The average Bonchev–Trinajstić information content (AvgIpc) is 3.35. The van der Waals surface area contributed by atoms with Gasteiger partial charge in [0.1, 0.15) is 0 Å². The summed E-state index contributed by atoms with van der Waals surface area (Å²) >= 11 is 0. The molecule has 1 aliphatic heterocycles. The van der Waals surface area contributed by atoms with Crippen molar-refractivity contribution in [2.45, 2.75) is 11.2 Å². The topological polar surface area (TPSA) is 173 Å². The molecule has 0 radical (unpaired) electrons. The lowest BCUT2D eigenvalue weighted by Crippen LogP contribution is -2.36. The van der Waals surface area contributed by atoms with E-state index < -0.39 is 33.0 Å². The van der Waals surface area contributed by atoms with Gasteiger partial charge in [-0.15, -0.1) is 0 Å². The molecule has 1 heterocycles. The zero-order valence-corrected chi connectivity index (χ0v) is 13.3. The molecule has 2 aromatic carbocycles. The molecule has 3 rings (SSSR count). The quantitative estimate of drug-likeness (QED) is 0.434. The van der Waals surface area contributed by atoms with Crippen LogP contribution in [-0.4, -0.2) is 32.0 Å². The number of nitro groups is 2. The van der Waals surface area contributed by atoms with Gasteiger partial charge in [-0.1, -0.05) is 0 Å². The maximum Gasteiger partial charge on any atom is 0.344 e. The molecule has 1 saturated heterocycles. The number of epoxide rings is 1. The van der Waals surface area contributed by atoms with Crippen molar-refractivity contribution in [3.8, 4) is 0 Å². The Hall–Kier alpha value is -3.86. The predicted molar refractivity (Wildman–Crippen MR) is 85.9 cm³/mol. The Morgan fingerprint density at radius 3 is 1.26 bits per heavy atom. The lowest BCUT2D eigenvalue weighted by molar-refractivity contribution is -0.385. The molecule has 1 aliphatic rings. The van der Waals surface area contributed by atoms with Crippen molar-refractivity contribution in [3.05, 3.63) is 79.9 Å². The molecule has 11 nitrogen and oxygen atoms in total. The van der Waals surface area contributed by atoms with E-state index in [1.54, 1.807) is 0 Å². The van der Waals surface area contributed by atoms with Crippen molar-refractivity contribution in [2.75, 3.05) is 0 Å². The van der Waals surface area contributed by atoms with Crippen LogP contribution in [-0.2, 0) is 25.5 Å². The number of benzene rings is 2. The molecule has 0 aromatic heterocycles. The molecule has 2 N–H and O–H groups in total. The molecular weight excluding hydrogens is 364 g/mol. The molecule has 0 bridgehead atoms. The Balaban J connectivity index is 2.13. The molecule has 1 fully saturated rings. The van der Waals surface area contributed by atoms with E-state index in [0.29, 0.717) is 0 Å². The predicted octanol–water partition coefficient (Wildman–Crippen LogP) is 1.79. The fourth-order valence-electron chi connectivity index (χ4n) is 3.00. The van der Waals surface area contributed by atoms with Gasteiger partial charge in [-0.2, -0.15) is 0 Å². The van der Waals surface area contributed by atoms with Crippen molar-refractivity contribution in [3.63, 3.8) is 0 Å². The van der Waals surface area contributed by atoms with E-state index >= 15 is 0 Å². The highest BCUT2D eigenvalue weighted by Gasteiger charge is 2.82. The number of hydrogen-bond acceptors (Lipinski definition) is 7. The highest BCUT2D eigenvalue weighted by molar-refractivity contribution is 5.98. The first kappa shape index (κ1) is 17.9. The van der Waals surface area contributed by atoms with Gasteiger partial charge < -0.3 is 14.9 Å². The Morgan fingerprint density at radius 1 is 0.741 bits per heavy atom. The minimum atomic E-state index is -2.33. The highest BCUT2D eigenvalue weighted by atomic mass is 16.7. The van der Waals surface area contributed by atoms with E-state index in [2.05, 4.69) is 0 Å². The van der Waals surface area contributed by atoms with E-state index in [0.717, 1.165) is 48.5 Å². The molecule has 138 valence electrons. The minimum Gasteiger partial charge on any atom is -0.479 e. The average molecular weight is 374 g/mol. The fraction of sp³-hybridized carbons (Fsp3) is 0.125. The summed E-state index contributed by atoms with van der Waals surface area (Å²) in [4.78, 5) is 44.0. The highest BCUT2D eigenvalue weighted by Crippen LogP contribution is 2.62. The molecular formula is C16H10N2O9. The molecule has 0 unspecified atom stereocenters. The second-order valence-electron chi connectivity index (χ2n) is 5.68. The summed E-state index contributed by atoms with van der Waals surface area (Å²) in [5.41, 5.74) is -5.50. The summed E-state index contributed by atoms with van der Waals surface area (Å²) in [5, 5.41) is 40.9. The Morgan fingerprint density at radius 2 is 1.04 bits per heavy atom. The number of nitrogens with zero attached hydrogens (tertiary/aromatic N) is 2. The number of carboxylic acid groups (broad SMARTS) is 2. The smallest absolute Gasteiger partial charge is 0.344 e. The summed E-state index contributed by atoms with van der Waals surface area (Å²) < 4.78 is 5.25. The van der Waals surface area contributed by atoms with Crippen LogP contribution in [0.3, 0.4) is 0 Å². The number of nitro benzene ring substituents is 2. The normalized spacial score (nSPS) is 23.4. The van der Waals surface area contributed by atoms with Crippen molar-refractivity contribution in [2.24, 2.45) is 0 Å². The van der Waals surface area contributed by atoms with E-state index in [1.165, 1.54) is 0 Å². The first-order valence-corrected chi connectivity index (χ1v) is 7.33. The summed E-state index contributed by atoms with van der Waals surface area (Å²) in [6.45, 7) is 0. The third-order valence-electron chi connectivity index (χ3n) is 4.33. The van der Waals surface area contributed by atoms with Gasteiger partial charge >= 0.3 is 11.9 Å². The SMILES string of the molecule is O=C(O)[C@@]1(c2ccc([N+](=O)[O-])cc2)O[C@@]1(C(=O)O)c1ccc([N+](=O)[O-])cc1. The Bertz CT molecular complexity index is 891. The summed E-state index contributed by atoms with van der Waals surface area (Å²) in [6.07, 6.45) is 0. The van der Waals surface area contributed by atoms with Crippen molar-refractivity contribution >= 4 is 23.3 Å². The van der Waals surface area contributed by atoms with Crippen LogP contribution in [0.4, 0.5) is 11.4 Å². The number of non-ortho nitro benzene ring substituents is 2. The van der Waals surface area contributed by atoms with Crippen molar-refractivity contribution < 1.29 is 34.4 Å². The number of carbonyl (C=O) groups is 2. The van der Waals surface area contributed by atoms with Crippen LogP contribution in [0.25, 0.3) is 0 Å². The largest absolute Gasteiger partial charge is 0.479 e. The van der Waals surface area contributed by atoms with Gasteiger partial charge in [0, 0.05) is 24.3 Å². The van der Waals surface area contributed by atoms with Gasteiger partial charge in [0.2, 0.25) is 11.2 Å². The number of ether oxygens (including phenoxy) is 1. The van der Waals surface area contributed by atoms with Gasteiger partial charge in [-0.3, -0.25) is 20.2 Å². The number of carboxylic acids is 2. The van der Waals surface area contributed by atoms with Gasteiger partial charge in [0.05, 0.1) is 9.85 Å². The van der Waals surface area contributed by atoms with Gasteiger partial charge in [-0.05, 0) is 35.4 Å². The van der Waals surface area contributed by atoms with E-state index in [-0.39, 0.29) is 22.5 Å². The zero-order chi connectivity index (χ0) is 20.0. The first-order valence-electron chi connectivity index (χ1n) is 7.33. The summed E-state index contributed by atoms with van der Waals surface area (Å²) in [6, 6.07) is 8.53. The van der Waals surface area contributed by atoms with Crippen LogP contribution in [0.2, 0.25) is 0 Å². The van der Waals surface area contributed by atoms with Crippen molar-refractivity contribution in [1.82, 2.24) is 0 Å². The number of rotatable bonds is 6. The van der Waals surface area contributed by atoms with Gasteiger partial charge in [-0.25, -0.2) is 9.59 Å². The molecule has 0 saturated carbocycles. The molecule has 0 aliphatic carbocycles. The number of aliphatic carboxylic acids is 2. The lowest BCUT2D eigenvalue weighted by atomic mass is 9.81. The Kier molecular flexibility index (Phi) is 3.89. The molecule has 0 spiro atoms.